The molecule has 1 aromatic carbocycles. The molecule has 15 heavy (non-hydrogen) atoms. The van der Waals surface area contributed by atoms with E-state index >= 15 is 0 Å². The number of aliphatic imine (C=N–C) groups is 1. The molecule has 4 heteroatoms. The number of hydrogen-bond acceptors (Lipinski definition) is 3. The van der Waals surface area contributed by atoms with Crippen molar-refractivity contribution in [3.8, 4) is 0 Å². The highest BCUT2D eigenvalue weighted by molar-refractivity contribution is 5.97. The van der Waals surface area contributed by atoms with Gasteiger partial charge in [0.05, 0.1) is 6.61 Å². The Morgan fingerprint density at radius 2 is 2.07 bits per heavy atom. The van der Waals surface area contributed by atoms with E-state index in [1.54, 1.807) is 6.07 Å². The minimum atomic E-state index is -0.310. The monoisotopic (exact) mass is 208 g/mol. The highest BCUT2D eigenvalue weighted by atomic mass is 16.3. The molecule has 0 aliphatic heterocycles. The molecule has 4 N–H and O–H groups in total. The van der Waals surface area contributed by atoms with Gasteiger partial charge in [-0.3, -0.25) is 0 Å². The molecule has 0 radical (unpaired) electrons. The van der Waals surface area contributed by atoms with Crippen LogP contribution in [-0.4, -0.2) is 22.8 Å². The highest BCUT2D eigenvalue weighted by Crippen LogP contribution is 2.13. The number of amidine groups is 1. The van der Waals surface area contributed by atoms with E-state index in [0.29, 0.717) is 5.84 Å². The first-order valence-corrected chi connectivity index (χ1v) is 4.86. The third kappa shape index (κ3) is 2.78. The predicted molar refractivity (Wildman–Crippen MR) is 59.6 cm³/mol. The molecular weight excluding hydrogens is 192 g/mol. The molecule has 0 aromatic heterocycles. The van der Waals surface area contributed by atoms with Gasteiger partial charge in [0.15, 0.2) is 0 Å². The number of aryl methyl sites for hydroxylation is 1. The van der Waals surface area contributed by atoms with E-state index in [2.05, 4.69) is 4.99 Å². The zero-order chi connectivity index (χ0) is 11.3. The lowest BCUT2D eigenvalue weighted by Crippen LogP contribution is -2.14. The second-order valence-corrected chi connectivity index (χ2v) is 3.18. The highest BCUT2D eigenvalue weighted by Gasteiger charge is 2.03. The fraction of sp³-hybridized carbons (Fsp3) is 0.364. The minimum absolute atomic E-state index is 0.0283. The summed E-state index contributed by atoms with van der Waals surface area (Å²) >= 11 is 0. The van der Waals surface area contributed by atoms with Crippen molar-refractivity contribution in [1.82, 2.24) is 0 Å². The first kappa shape index (κ1) is 11.7. The fourth-order valence-corrected chi connectivity index (χ4v) is 1.44. The average molecular weight is 208 g/mol. The second kappa shape index (κ2) is 5.48. The zero-order valence-corrected chi connectivity index (χ0v) is 8.77. The van der Waals surface area contributed by atoms with Crippen molar-refractivity contribution in [3.63, 3.8) is 0 Å². The summed E-state index contributed by atoms with van der Waals surface area (Å²) < 4.78 is 0. The van der Waals surface area contributed by atoms with Crippen molar-refractivity contribution in [3.05, 3.63) is 34.9 Å². The van der Waals surface area contributed by atoms with Gasteiger partial charge in [0.2, 0.25) is 0 Å². The number of nitrogens with zero attached hydrogens (tertiary/aromatic N) is 1. The van der Waals surface area contributed by atoms with E-state index < -0.39 is 0 Å². The van der Waals surface area contributed by atoms with E-state index in [-0.39, 0.29) is 13.3 Å². The lowest BCUT2D eigenvalue weighted by molar-refractivity contribution is 0.280. The maximum absolute atomic E-state index is 9.08. The van der Waals surface area contributed by atoms with Gasteiger partial charge >= 0.3 is 0 Å². The summed E-state index contributed by atoms with van der Waals surface area (Å²) in [7, 11) is 0. The Hall–Kier alpha value is -1.39. The molecule has 0 fully saturated rings. The van der Waals surface area contributed by atoms with E-state index in [4.69, 9.17) is 15.9 Å². The molecule has 1 aromatic rings. The summed E-state index contributed by atoms with van der Waals surface area (Å²) in [5.41, 5.74) is 8.37. The Labute approximate surface area is 89.1 Å². The van der Waals surface area contributed by atoms with Crippen LogP contribution in [-0.2, 0) is 13.0 Å². The molecule has 0 spiro atoms. The van der Waals surface area contributed by atoms with E-state index in [0.717, 1.165) is 23.1 Å². The van der Waals surface area contributed by atoms with Gasteiger partial charge in [0, 0.05) is 5.56 Å². The van der Waals surface area contributed by atoms with Gasteiger partial charge in [0.1, 0.15) is 12.6 Å². The molecule has 82 valence electrons. The molecule has 0 bridgehead atoms. The summed E-state index contributed by atoms with van der Waals surface area (Å²) in [6, 6.07) is 5.51. The maximum Gasteiger partial charge on any atom is 0.136 e. The lowest BCUT2D eigenvalue weighted by atomic mass is 10.0. The van der Waals surface area contributed by atoms with Gasteiger partial charge in [-0.15, -0.1) is 0 Å². The molecule has 0 heterocycles. The Balaban J connectivity index is 3.08. The van der Waals surface area contributed by atoms with Crippen LogP contribution in [0.15, 0.2) is 23.2 Å². The van der Waals surface area contributed by atoms with Crippen molar-refractivity contribution in [2.24, 2.45) is 10.7 Å². The molecule has 0 aliphatic rings. The Morgan fingerprint density at radius 3 is 2.60 bits per heavy atom. The van der Waals surface area contributed by atoms with Crippen LogP contribution in [0.4, 0.5) is 0 Å². The Bertz CT molecular complexity index is 362. The standard InChI is InChI=1S/C11H16N2O2/c1-2-8-5-9(11(12)13-7-15)3-4-10(8)6-14/h3-5,14-15H,2,6-7H2,1H3,(H2,12,13). The third-order valence-electron chi connectivity index (χ3n) is 2.29. The summed E-state index contributed by atoms with van der Waals surface area (Å²) in [6.45, 7) is 1.73. The minimum Gasteiger partial charge on any atom is -0.392 e. The van der Waals surface area contributed by atoms with Crippen molar-refractivity contribution >= 4 is 5.84 Å². The average Bonchev–Trinajstić information content (AvgIpc) is 2.28. The fourth-order valence-electron chi connectivity index (χ4n) is 1.44. The number of aliphatic hydroxyl groups is 2. The van der Waals surface area contributed by atoms with Crippen LogP contribution in [0.1, 0.15) is 23.6 Å². The number of hydrogen-bond donors (Lipinski definition) is 3. The van der Waals surface area contributed by atoms with E-state index in [1.165, 1.54) is 0 Å². The second-order valence-electron chi connectivity index (χ2n) is 3.18. The first-order chi connectivity index (χ1) is 7.22. The van der Waals surface area contributed by atoms with Crippen LogP contribution in [0.5, 0.6) is 0 Å². The zero-order valence-electron chi connectivity index (χ0n) is 8.77. The summed E-state index contributed by atoms with van der Waals surface area (Å²) in [6.07, 6.45) is 0.830. The molecule has 0 atom stereocenters. The van der Waals surface area contributed by atoms with Crippen LogP contribution in [0.3, 0.4) is 0 Å². The predicted octanol–water partition coefficient (Wildman–Crippen LogP) is 0.396. The number of rotatable bonds is 4. The van der Waals surface area contributed by atoms with Gasteiger partial charge in [0.25, 0.3) is 0 Å². The Morgan fingerprint density at radius 1 is 1.33 bits per heavy atom. The lowest BCUT2D eigenvalue weighted by Gasteiger charge is -2.07. The SMILES string of the molecule is CCc1cc(C(N)=NCO)ccc1CO. The van der Waals surface area contributed by atoms with E-state index in [9.17, 15) is 0 Å². The van der Waals surface area contributed by atoms with Gasteiger partial charge in [-0.25, -0.2) is 4.99 Å². The first-order valence-electron chi connectivity index (χ1n) is 4.86. The molecule has 0 saturated carbocycles. The summed E-state index contributed by atoms with van der Waals surface area (Å²) in [5.74, 6) is 0.316. The summed E-state index contributed by atoms with van der Waals surface area (Å²) in [4.78, 5) is 3.71. The third-order valence-corrected chi connectivity index (χ3v) is 2.29. The molecule has 1 rings (SSSR count). The molecule has 0 unspecified atom stereocenters. The molecule has 0 aliphatic carbocycles. The number of aliphatic hydroxyl groups excluding tert-OH is 2. The smallest absolute Gasteiger partial charge is 0.136 e. The number of nitrogens with two attached hydrogens (primary N) is 1. The molecular formula is C11H16N2O2. The largest absolute Gasteiger partial charge is 0.392 e. The topological polar surface area (TPSA) is 78.8 Å². The van der Waals surface area contributed by atoms with Gasteiger partial charge in [-0.2, -0.15) is 0 Å². The Kier molecular flexibility index (Phi) is 4.27. The van der Waals surface area contributed by atoms with Crippen LogP contribution < -0.4 is 5.73 Å². The van der Waals surface area contributed by atoms with Crippen LogP contribution in [0.2, 0.25) is 0 Å². The van der Waals surface area contributed by atoms with Crippen molar-refractivity contribution in [2.75, 3.05) is 6.73 Å². The quantitative estimate of drug-likeness (QED) is 0.495. The van der Waals surface area contributed by atoms with Crippen molar-refractivity contribution in [1.29, 1.82) is 0 Å². The normalized spacial score (nSPS) is 11.8. The van der Waals surface area contributed by atoms with Gasteiger partial charge in [-0.05, 0) is 23.6 Å². The maximum atomic E-state index is 9.08. The van der Waals surface area contributed by atoms with Gasteiger partial charge in [-0.1, -0.05) is 19.1 Å². The van der Waals surface area contributed by atoms with Crippen LogP contribution in [0.25, 0.3) is 0 Å². The van der Waals surface area contributed by atoms with Crippen molar-refractivity contribution < 1.29 is 10.2 Å². The van der Waals surface area contributed by atoms with Crippen molar-refractivity contribution in [2.45, 2.75) is 20.0 Å². The van der Waals surface area contributed by atoms with Crippen LogP contribution in [0, 0.1) is 0 Å². The molecule has 0 saturated heterocycles. The molecule has 4 nitrogen and oxygen atoms in total. The number of benzene rings is 1. The summed E-state index contributed by atoms with van der Waals surface area (Å²) in [5, 5.41) is 17.7. The van der Waals surface area contributed by atoms with E-state index in [1.807, 2.05) is 19.1 Å². The van der Waals surface area contributed by atoms with Gasteiger partial charge < -0.3 is 15.9 Å². The van der Waals surface area contributed by atoms with Crippen LogP contribution >= 0.6 is 0 Å². The molecule has 0 amide bonds.